The smallest absolute Gasteiger partial charge is 0.343 e. The van der Waals surface area contributed by atoms with E-state index in [1.165, 1.54) is 0 Å². The van der Waals surface area contributed by atoms with Crippen molar-refractivity contribution in [2.24, 2.45) is 0 Å². The van der Waals surface area contributed by atoms with Crippen molar-refractivity contribution in [2.75, 3.05) is 13.2 Å². The van der Waals surface area contributed by atoms with Crippen molar-refractivity contribution in [3.05, 3.63) is 125 Å². The molecule has 0 atom stereocenters. The van der Waals surface area contributed by atoms with Gasteiger partial charge in [0.1, 0.15) is 30.1 Å². The van der Waals surface area contributed by atoms with Crippen LogP contribution in [0, 0.1) is 6.92 Å². The van der Waals surface area contributed by atoms with E-state index >= 15 is 0 Å². The van der Waals surface area contributed by atoms with Crippen molar-refractivity contribution in [2.45, 2.75) is 39.2 Å². The average molecular weight is 611 g/mol. The van der Waals surface area contributed by atoms with Crippen LogP contribution in [0.2, 0.25) is 0 Å². The number of ether oxygens (including phenoxy) is 5. The van der Waals surface area contributed by atoms with E-state index in [1.807, 2.05) is 6.92 Å². The van der Waals surface area contributed by atoms with Crippen molar-refractivity contribution < 1.29 is 42.9 Å². The fraction of sp³-hybridized carbons (Fsp3) is 0.222. The standard InChI is InChI=1S/C36H34O9/c1-3-34(38)42-21-5-4-20-41-30-16-12-29(13-17-30)36(40)45-33-19-18-32(22-25(33)2)43-24-27-8-14-31(15-9-27)44-35(39)28-10-6-26(23-37)7-11-28/h3,6-12,14-16,18-19,22-23H,1,4-5,13,17,20-21,24H2,2H3. The molecule has 0 bridgehead atoms. The zero-order chi connectivity index (χ0) is 32.0. The van der Waals surface area contributed by atoms with E-state index in [-0.39, 0.29) is 6.61 Å². The maximum atomic E-state index is 12.8. The molecule has 0 radical (unpaired) electrons. The van der Waals surface area contributed by atoms with E-state index in [1.54, 1.807) is 78.9 Å². The van der Waals surface area contributed by atoms with Crippen molar-refractivity contribution >= 4 is 24.2 Å². The van der Waals surface area contributed by atoms with Gasteiger partial charge in [-0.15, -0.1) is 0 Å². The lowest BCUT2D eigenvalue weighted by Crippen LogP contribution is -2.14. The molecule has 0 amide bonds. The Morgan fingerprint density at radius 1 is 0.800 bits per heavy atom. The molecule has 45 heavy (non-hydrogen) atoms. The SMILES string of the molecule is C=CC(=O)OCCCCOC1=CC=C(C(=O)Oc2ccc(OCc3ccc(OC(=O)c4ccc(C=O)cc4)cc3)cc2C)CC1. The minimum absolute atomic E-state index is 0.284. The van der Waals surface area contributed by atoms with Gasteiger partial charge in [-0.1, -0.05) is 30.8 Å². The van der Waals surface area contributed by atoms with Crippen molar-refractivity contribution in [1.29, 1.82) is 0 Å². The summed E-state index contributed by atoms with van der Waals surface area (Å²) in [6.45, 7) is 6.30. The van der Waals surface area contributed by atoms with Gasteiger partial charge in [-0.25, -0.2) is 14.4 Å². The number of unbranched alkanes of at least 4 members (excludes halogenated alkanes) is 1. The van der Waals surface area contributed by atoms with Crippen LogP contribution in [0.4, 0.5) is 0 Å². The number of carbonyl (C=O) groups is 4. The molecule has 0 unspecified atom stereocenters. The highest BCUT2D eigenvalue weighted by Crippen LogP contribution is 2.27. The van der Waals surface area contributed by atoms with E-state index in [0.717, 1.165) is 29.4 Å². The summed E-state index contributed by atoms with van der Waals surface area (Å²) in [6, 6.07) is 18.4. The molecule has 3 aromatic carbocycles. The average Bonchev–Trinajstić information content (AvgIpc) is 3.07. The molecule has 4 rings (SSSR count). The monoisotopic (exact) mass is 610 g/mol. The number of esters is 3. The second-order valence-electron chi connectivity index (χ2n) is 10.1. The summed E-state index contributed by atoms with van der Waals surface area (Å²) in [7, 11) is 0. The minimum Gasteiger partial charge on any atom is -0.498 e. The lowest BCUT2D eigenvalue weighted by molar-refractivity contribution is -0.138. The van der Waals surface area contributed by atoms with E-state index in [4.69, 9.17) is 23.7 Å². The molecule has 0 heterocycles. The first-order chi connectivity index (χ1) is 21.8. The molecular weight excluding hydrogens is 576 g/mol. The maximum Gasteiger partial charge on any atom is 0.343 e. The van der Waals surface area contributed by atoms with E-state index in [0.29, 0.717) is 72.7 Å². The molecule has 0 aliphatic heterocycles. The third-order valence-corrected chi connectivity index (χ3v) is 6.78. The predicted octanol–water partition coefficient (Wildman–Crippen LogP) is 6.64. The molecule has 1 aliphatic rings. The molecule has 0 saturated carbocycles. The highest BCUT2D eigenvalue weighted by atomic mass is 16.5. The summed E-state index contributed by atoms with van der Waals surface area (Å²) >= 11 is 0. The molecule has 9 nitrogen and oxygen atoms in total. The number of aldehydes is 1. The Morgan fingerprint density at radius 2 is 1.53 bits per heavy atom. The van der Waals surface area contributed by atoms with Crippen LogP contribution in [-0.4, -0.2) is 37.4 Å². The van der Waals surface area contributed by atoms with Crippen LogP contribution in [-0.2, 0) is 25.7 Å². The van der Waals surface area contributed by atoms with Gasteiger partial charge < -0.3 is 23.7 Å². The zero-order valence-electron chi connectivity index (χ0n) is 25.0. The molecule has 9 heteroatoms. The minimum atomic E-state index is -0.517. The quantitative estimate of drug-likeness (QED) is 0.0614. The fourth-order valence-electron chi connectivity index (χ4n) is 4.22. The predicted molar refractivity (Wildman–Crippen MR) is 166 cm³/mol. The van der Waals surface area contributed by atoms with Gasteiger partial charge in [0.2, 0.25) is 0 Å². The van der Waals surface area contributed by atoms with Crippen LogP contribution in [0.1, 0.15) is 57.5 Å². The Morgan fingerprint density at radius 3 is 2.20 bits per heavy atom. The van der Waals surface area contributed by atoms with Gasteiger partial charge in [0.25, 0.3) is 0 Å². The van der Waals surface area contributed by atoms with Gasteiger partial charge in [0, 0.05) is 23.6 Å². The van der Waals surface area contributed by atoms with E-state index in [2.05, 4.69) is 6.58 Å². The summed E-state index contributed by atoms with van der Waals surface area (Å²) in [4.78, 5) is 46.9. The van der Waals surface area contributed by atoms with Gasteiger partial charge in [-0.2, -0.15) is 0 Å². The first-order valence-corrected chi connectivity index (χ1v) is 14.5. The number of allylic oxidation sites excluding steroid dienone is 3. The number of carbonyl (C=O) groups excluding carboxylic acids is 4. The van der Waals surface area contributed by atoms with Crippen molar-refractivity contribution in [3.8, 4) is 17.2 Å². The van der Waals surface area contributed by atoms with Crippen LogP contribution >= 0.6 is 0 Å². The fourth-order valence-corrected chi connectivity index (χ4v) is 4.22. The second-order valence-corrected chi connectivity index (χ2v) is 10.1. The molecule has 0 spiro atoms. The first-order valence-electron chi connectivity index (χ1n) is 14.5. The molecule has 0 N–H and O–H groups in total. The topological polar surface area (TPSA) is 114 Å². The number of aryl methyl sites for hydroxylation is 1. The van der Waals surface area contributed by atoms with Crippen LogP contribution < -0.4 is 14.2 Å². The van der Waals surface area contributed by atoms with E-state index in [9.17, 15) is 19.2 Å². The van der Waals surface area contributed by atoms with Gasteiger partial charge >= 0.3 is 17.9 Å². The van der Waals surface area contributed by atoms with Gasteiger partial charge in [0.05, 0.1) is 24.5 Å². The molecule has 1 aliphatic carbocycles. The van der Waals surface area contributed by atoms with Gasteiger partial charge in [0.15, 0.2) is 0 Å². The summed E-state index contributed by atoms with van der Waals surface area (Å²) < 4.78 is 27.6. The first kappa shape index (κ1) is 32.5. The van der Waals surface area contributed by atoms with Crippen LogP contribution in [0.15, 0.2) is 103 Å². The summed E-state index contributed by atoms with van der Waals surface area (Å²) in [6.07, 6.45) is 7.89. The molecule has 232 valence electrons. The number of hydrogen-bond acceptors (Lipinski definition) is 9. The summed E-state index contributed by atoms with van der Waals surface area (Å²) in [5.74, 6) is 0.883. The van der Waals surface area contributed by atoms with Crippen LogP contribution in [0.3, 0.4) is 0 Å². The van der Waals surface area contributed by atoms with Gasteiger partial charge in [-0.3, -0.25) is 4.79 Å². The lowest BCUT2D eigenvalue weighted by Gasteiger charge is -2.16. The molecule has 0 fully saturated rings. The van der Waals surface area contributed by atoms with Crippen LogP contribution in [0.25, 0.3) is 0 Å². The molecule has 0 saturated heterocycles. The Kier molecular flexibility index (Phi) is 11.8. The molecular formula is C36H34O9. The third-order valence-electron chi connectivity index (χ3n) is 6.78. The normalized spacial score (nSPS) is 12.2. The highest BCUT2D eigenvalue weighted by Gasteiger charge is 2.17. The lowest BCUT2D eigenvalue weighted by atomic mass is 10.0. The summed E-state index contributed by atoms with van der Waals surface area (Å²) in [5.41, 5.74) is 3.00. The Hall–Kier alpha value is -5.44. The maximum absolute atomic E-state index is 12.8. The van der Waals surface area contributed by atoms with Crippen molar-refractivity contribution in [3.63, 3.8) is 0 Å². The number of benzene rings is 3. The Balaban J connectivity index is 1.20. The highest BCUT2D eigenvalue weighted by molar-refractivity contribution is 5.92. The van der Waals surface area contributed by atoms with Crippen molar-refractivity contribution in [1.82, 2.24) is 0 Å². The van der Waals surface area contributed by atoms with Crippen LogP contribution in [0.5, 0.6) is 17.2 Å². The number of rotatable bonds is 15. The van der Waals surface area contributed by atoms with Gasteiger partial charge in [-0.05, 0) is 91.9 Å². The third kappa shape index (κ3) is 10.1. The Labute approximate surface area is 261 Å². The zero-order valence-corrected chi connectivity index (χ0v) is 25.0. The molecule has 0 aromatic heterocycles. The summed E-state index contributed by atoms with van der Waals surface area (Å²) in [5, 5.41) is 0. The molecule has 3 aromatic rings. The number of hydrogen-bond donors (Lipinski definition) is 0. The largest absolute Gasteiger partial charge is 0.498 e. The van der Waals surface area contributed by atoms with E-state index < -0.39 is 17.9 Å². The second kappa shape index (κ2) is 16.4. The Bertz CT molecular complexity index is 1580.